The van der Waals surface area contributed by atoms with Crippen molar-refractivity contribution in [2.75, 3.05) is 26.2 Å². The number of carbonyl (C=O) groups excluding carboxylic acids is 1. The molecule has 1 unspecified atom stereocenters. The monoisotopic (exact) mass is 274 g/mol. The van der Waals surface area contributed by atoms with Crippen molar-refractivity contribution in [2.24, 2.45) is 5.92 Å². The summed E-state index contributed by atoms with van der Waals surface area (Å²) in [5.41, 5.74) is 1.36. The van der Waals surface area contributed by atoms with Gasteiger partial charge in [-0.1, -0.05) is 44.2 Å². The Labute approximate surface area is 122 Å². The molecule has 0 bridgehead atoms. The molecule has 3 nitrogen and oxygen atoms in total. The highest BCUT2D eigenvalue weighted by Crippen LogP contribution is 2.12. The van der Waals surface area contributed by atoms with Crippen LogP contribution in [-0.4, -0.2) is 41.9 Å². The number of amides is 1. The first-order valence-corrected chi connectivity index (χ1v) is 7.75. The highest BCUT2D eigenvalue weighted by atomic mass is 16.2. The Morgan fingerprint density at radius 2 is 1.90 bits per heavy atom. The van der Waals surface area contributed by atoms with Gasteiger partial charge >= 0.3 is 0 Å². The molecule has 1 aliphatic rings. The summed E-state index contributed by atoms with van der Waals surface area (Å²) in [6, 6.07) is 10.6. The summed E-state index contributed by atoms with van der Waals surface area (Å²) < 4.78 is 0. The summed E-state index contributed by atoms with van der Waals surface area (Å²) in [5, 5.41) is 0. The van der Waals surface area contributed by atoms with Crippen molar-refractivity contribution >= 4 is 5.91 Å². The first-order chi connectivity index (χ1) is 9.70. The molecule has 1 fully saturated rings. The summed E-state index contributed by atoms with van der Waals surface area (Å²) in [5.74, 6) is 0.490. The van der Waals surface area contributed by atoms with Gasteiger partial charge in [-0.05, 0) is 18.4 Å². The normalized spacial score (nSPS) is 18.6. The molecule has 0 aromatic heterocycles. The number of benzene rings is 1. The lowest BCUT2D eigenvalue weighted by Gasteiger charge is -2.24. The van der Waals surface area contributed by atoms with E-state index in [-0.39, 0.29) is 5.92 Å². The van der Waals surface area contributed by atoms with E-state index in [9.17, 15) is 4.79 Å². The molecular formula is C17H26N2O. The average molecular weight is 274 g/mol. The van der Waals surface area contributed by atoms with Gasteiger partial charge in [0, 0.05) is 38.6 Å². The molecule has 20 heavy (non-hydrogen) atoms. The largest absolute Gasteiger partial charge is 0.341 e. The number of carbonyl (C=O) groups is 1. The second-order valence-corrected chi connectivity index (χ2v) is 5.75. The second-order valence-electron chi connectivity index (χ2n) is 5.75. The third kappa shape index (κ3) is 4.07. The Kier molecular flexibility index (Phi) is 5.60. The van der Waals surface area contributed by atoms with Crippen LogP contribution >= 0.6 is 0 Å². The van der Waals surface area contributed by atoms with E-state index in [1.807, 2.05) is 6.92 Å². The maximum Gasteiger partial charge on any atom is 0.225 e. The van der Waals surface area contributed by atoms with E-state index in [0.717, 1.165) is 45.6 Å². The predicted octanol–water partition coefficient (Wildman–Crippen LogP) is 2.77. The Morgan fingerprint density at radius 3 is 2.60 bits per heavy atom. The van der Waals surface area contributed by atoms with E-state index in [4.69, 9.17) is 0 Å². The smallest absolute Gasteiger partial charge is 0.225 e. The molecule has 0 aliphatic carbocycles. The molecule has 1 aromatic rings. The zero-order valence-corrected chi connectivity index (χ0v) is 12.7. The van der Waals surface area contributed by atoms with Gasteiger partial charge in [0.1, 0.15) is 0 Å². The van der Waals surface area contributed by atoms with Gasteiger partial charge in [0.15, 0.2) is 0 Å². The van der Waals surface area contributed by atoms with Crippen LogP contribution in [0.5, 0.6) is 0 Å². The van der Waals surface area contributed by atoms with Crippen LogP contribution in [0.1, 0.15) is 32.3 Å². The van der Waals surface area contributed by atoms with Gasteiger partial charge in [-0.3, -0.25) is 9.69 Å². The molecule has 2 rings (SSSR count). The third-order valence-electron chi connectivity index (χ3n) is 4.18. The SMILES string of the molecule is CCC(C)C(=O)N1CCCN(Cc2ccccc2)CC1. The number of rotatable bonds is 4. The van der Waals surface area contributed by atoms with Gasteiger partial charge < -0.3 is 4.90 Å². The highest BCUT2D eigenvalue weighted by molar-refractivity contribution is 5.78. The Bertz CT molecular complexity index is 418. The highest BCUT2D eigenvalue weighted by Gasteiger charge is 2.22. The summed E-state index contributed by atoms with van der Waals surface area (Å²) in [6.45, 7) is 8.96. The van der Waals surface area contributed by atoms with Crippen LogP contribution in [0, 0.1) is 5.92 Å². The Balaban J connectivity index is 1.87. The molecular weight excluding hydrogens is 248 g/mol. The zero-order chi connectivity index (χ0) is 14.4. The lowest BCUT2D eigenvalue weighted by molar-refractivity contribution is -0.134. The van der Waals surface area contributed by atoms with Crippen molar-refractivity contribution in [2.45, 2.75) is 33.2 Å². The van der Waals surface area contributed by atoms with Crippen LogP contribution in [0.4, 0.5) is 0 Å². The fourth-order valence-electron chi connectivity index (χ4n) is 2.68. The van der Waals surface area contributed by atoms with Gasteiger partial charge in [0.25, 0.3) is 0 Å². The quantitative estimate of drug-likeness (QED) is 0.843. The van der Waals surface area contributed by atoms with Crippen molar-refractivity contribution in [3.05, 3.63) is 35.9 Å². The maximum atomic E-state index is 12.3. The number of nitrogens with zero attached hydrogens (tertiary/aromatic N) is 2. The van der Waals surface area contributed by atoms with Crippen molar-refractivity contribution in [1.82, 2.24) is 9.80 Å². The lowest BCUT2D eigenvalue weighted by atomic mass is 10.1. The molecule has 3 heteroatoms. The molecule has 0 radical (unpaired) electrons. The minimum absolute atomic E-state index is 0.163. The molecule has 0 spiro atoms. The van der Waals surface area contributed by atoms with Gasteiger partial charge in [0.2, 0.25) is 5.91 Å². The molecule has 1 aliphatic heterocycles. The minimum atomic E-state index is 0.163. The average Bonchev–Trinajstić information content (AvgIpc) is 2.72. The van der Waals surface area contributed by atoms with Crippen molar-refractivity contribution < 1.29 is 4.79 Å². The van der Waals surface area contributed by atoms with Crippen molar-refractivity contribution in [3.63, 3.8) is 0 Å². The zero-order valence-electron chi connectivity index (χ0n) is 12.7. The van der Waals surface area contributed by atoms with Gasteiger partial charge in [-0.2, -0.15) is 0 Å². The minimum Gasteiger partial charge on any atom is -0.341 e. The fraction of sp³-hybridized carbons (Fsp3) is 0.588. The lowest BCUT2D eigenvalue weighted by Crippen LogP contribution is -2.38. The van der Waals surface area contributed by atoms with E-state index in [2.05, 4.69) is 47.1 Å². The maximum absolute atomic E-state index is 12.3. The van der Waals surface area contributed by atoms with Crippen LogP contribution in [0.15, 0.2) is 30.3 Å². The van der Waals surface area contributed by atoms with E-state index < -0.39 is 0 Å². The van der Waals surface area contributed by atoms with E-state index in [1.165, 1.54) is 5.56 Å². The molecule has 1 atom stereocenters. The molecule has 1 amide bonds. The summed E-state index contributed by atoms with van der Waals surface area (Å²) in [7, 11) is 0. The number of hydrogen-bond donors (Lipinski definition) is 0. The summed E-state index contributed by atoms with van der Waals surface area (Å²) >= 11 is 0. The van der Waals surface area contributed by atoms with Crippen LogP contribution in [0.2, 0.25) is 0 Å². The van der Waals surface area contributed by atoms with E-state index in [1.54, 1.807) is 0 Å². The molecule has 1 aromatic carbocycles. The molecule has 0 N–H and O–H groups in total. The van der Waals surface area contributed by atoms with Crippen LogP contribution in [-0.2, 0) is 11.3 Å². The Hall–Kier alpha value is -1.35. The molecule has 1 saturated heterocycles. The van der Waals surface area contributed by atoms with Crippen molar-refractivity contribution in [3.8, 4) is 0 Å². The fourth-order valence-corrected chi connectivity index (χ4v) is 2.68. The van der Waals surface area contributed by atoms with Gasteiger partial charge in [0.05, 0.1) is 0 Å². The molecule has 0 saturated carbocycles. The van der Waals surface area contributed by atoms with Gasteiger partial charge in [-0.25, -0.2) is 0 Å². The van der Waals surface area contributed by atoms with E-state index >= 15 is 0 Å². The van der Waals surface area contributed by atoms with Crippen LogP contribution in [0.3, 0.4) is 0 Å². The van der Waals surface area contributed by atoms with Crippen molar-refractivity contribution in [1.29, 1.82) is 0 Å². The molecule has 110 valence electrons. The first-order valence-electron chi connectivity index (χ1n) is 7.75. The van der Waals surface area contributed by atoms with Gasteiger partial charge in [-0.15, -0.1) is 0 Å². The van der Waals surface area contributed by atoms with Crippen LogP contribution < -0.4 is 0 Å². The first kappa shape index (κ1) is 15.0. The third-order valence-corrected chi connectivity index (χ3v) is 4.18. The summed E-state index contributed by atoms with van der Waals surface area (Å²) in [6.07, 6.45) is 2.01. The van der Waals surface area contributed by atoms with E-state index in [0.29, 0.717) is 5.91 Å². The summed E-state index contributed by atoms with van der Waals surface area (Å²) in [4.78, 5) is 16.8. The van der Waals surface area contributed by atoms with Crippen LogP contribution in [0.25, 0.3) is 0 Å². The Morgan fingerprint density at radius 1 is 1.15 bits per heavy atom. The predicted molar refractivity (Wildman–Crippen MR) is 82.4 cm³/mol. The standard InChI is InChI=1S/C17H26N2O/c1-3-15(2)17(20)19-11-7-10-18(12-13-19)14-16-8-5-4-6-9-16/h4-6,8-9,15H,3,7,10-14H2,1-2H3. The number of hydrogen-bond acceptors (Lipinski definition) is 2. The molecule has 1 heterocycles. The second kappa shape index (κ2) is 7.44. The topological polar surface area (TPSA) is 23.6 Å².